The highest BCUT2D eigenvalue weighted by atomic mass is 32.2. The summed E-state index contributed by atoms with van der Waals surface area (Å²) in [6, 6.07) is 0. The van der Waals surface area contributed by atoms with Gasteiger partial charge < -0.3 is 10.8 Å². The highest BCUT2D eigenvalue weighted by Crippen LogP contribution is 2.13. The van der Waals surface area contributed by atoms with E-state index >= 15 is 0 Å². The molecule has 0 aliphatic rings. The summed E-state index contributed by atoms with van der Waals surface area (Å²) in [6.07, 6.45) is 0. The molecule has 2 nitrogen and oxygen atoms in total. The lowest BCUT2D eigenvalue weighted by atomic mass is 10.1. The van der Waals surface area contributed by atoms with Crippen LogP contribution in [0.5, 0.6) is 0 Å². The standard InChI is InChI=1S/C8H19NOS/c1-7(4-10)5-11-6-8(2,3)9/h7,10H,4-6,9H2,1-3H3. The lowest BCUT2D eigenvalue weighted by Crippen LogP contribution is -2.35. The molecule has 0 rings (SSSR count). The minimum atomic E-state index is -0.0835. The van der Waals surface area contributed by atoms with Gasteiger partial charge in [0.15, 0.2) is 0 Å². The van der Waals surface area contributed by atoms with Gasteiger partial charge in [0.25, 0.3) is 0 Å². The van der Waals surface area contributed by atoms with E-state index in [4.69, 9.17) is 10.8 Å². The third kappa shape index (κ3) is 8.17. The third-order valence-electron chi connectivity index (χ3n) is 1.19. The summed E-state index contributed by atoms with van der Waals surface area (Å²) in [4.78, 5) is 0. The number of hydrogen-bond acceptors (Lipinski definition) is 3. The van der Waals surface area contributed by atoms with E-state index in [1.165, 1.54) is 0 Å². The Hall–Kier alpha value is 0.270. The van der Waals surface area contributed by atoms with Gasteiger partial charge in [-0.05, 0) is 25.5 Å². The van der Waals surface area contributed by atoms with Crippen LogP contribution in [0.15, 0.2) is 0 Å². The molecule has 1 unspecified atom stereocenters. The zero-order valence-electron chi connectivity index (χ0n) is 7.63. The maximum atomic E-state index is 8.72. The fourth-order valence-electron chi connectivity index (χ4n) is 0.576. The van der Waals surface area contributed by atoms with Crippen LogP contribution >= 0.6 is 11.8 Å². The highest BCUT2D eigenvalue weighted by molar-refractivity contribution is 7.99. The number of aliphatic hydroxyl groups is 1. The van der Waals surface area contributed by atoms with Crippen LogP contribution in [0.3, 0.4) is 0 Å². The van der Waals surface area contributed by atoms with E-state index in [0.717, 1.165) is 11.5 Å². The molecule has 0 amide bonds. The van der Waals surface area contributed by atoms with E-state index in [2.05, 4.69) is 0 Å². The first-order valence-corrected chi connectivity index (χ1v) is 5.08. The van der Waals surface area contributed by atoms with Crippen LogP contribution in [0.1, 0.15) is 20.8 Å². The van der Waals surface area contributed by atoms with Crippen molar-refractivity contribution in [2.75, 3.05) is 18.1 Å². The zero-order chi connectivity index (χ0) is 8.91. The fraction of sp³-hybridized carbons (Fsp3) is 1.00. The summed E-state index contributed by atoms with van der Waals surface area (Å²) in [5.41, 5.74) is 5.70. The predicted molar refractivity (Wildman–Crippen MR) is 51.8 cm³/mol. The van der Waals surface area contributed by atoms with Gasteiger partial charge in [0, 0.05) is 17.9 Å². The van der Waals surface area contributed by atoms with Crippen molar-refractivity contribution in [3.8, 4) is 0 Å². The van der Waals surface area contributed by atoms with Crippen molar-refractivity contribution in [3.63, 3.8) is 0 Å². The summed E-state index contributed by atoms with van der Waals surface area (Å²) in [5, 5.41) is 8.72. The number of hydrogen-bond donors (Lipinski definition) is 2. The quantitative estimate of drug-likeness (QED) is 0.660. The summed E-state index contributed by atoms with van der Waals surface area (Å²) < 4.78 is 0. The first kappa shape index (κ1) is 11.3. The Morgan fingerprint density at radius 3 is 2.45 bits per heavy atom. The van der Waals surface area contributed by atoms with Gasteiger partial charge in [0.1, 0.15) is 0 Å². The smallest absolute Gasteiger partial charge is 0.0464 e. The molecule has 11 heavy (non-hydrogen) atoms. The summed E-state index contributed by atoms with van der Waals surface area (Å²) in [5.74, 6) is 2.34. The first-order chi connectivity index (χ1) is 4.95. The van der Waals surface area contributed by atoms with Crippen LogP contribution in [-0.2, 0) is 0 Å². The Kier molecular flexibility index (Phi) is 5.13. The number of aliphatic hydroxyl groups excluding tert-OH is 1. The molecular formula is C8H19NOS. The maximum absolute atomic E-state index is 8.72. The SMILES string of the molecule is CC(CO)CSCC(C)(C)N. The molecule has 0 bridgehead atoms. The van der Waals surface area contributed by atoms with E-state index in [-0.39, 0.29) is 12.1 Å². The van der Waals surface area contributed by atoms with Gasteiger partial charge in [-0.25, -0.2) is 0 Å². The summed E-state index contributed by atoms with van der Waals surface area (Å²) >= 11 is 1.81. The van der Waals surface area contributed by atoms with Gasteiger partial charge in [-0.3, -0.25) is 0 Å². The lowest BCUT2D eigenvalue weighted by Gasteiger charge is -2.18. The molecule has 0 aromatic heterocycles. The minimum Gasteiger partial charge on any atom is -0.396 e. The second kappa shape index (κ2) is 5.01. The Bertz CT molecular complexity index is 101. The van der Waals surface area contributed by atoms with Gasteiger partial charge in [0.2, 0.25) is 0 Å². The summed E-state index contributed by atoms with van der Waals surface area (Å²) in [6.45, 7) is 6.35. The molecule has 68 valence electrons. The van der Waals surface area contributed by atoms with E-state index in [9.17, 15) is 0 Å². The Morgan fingerprint density at radius 1 is 1.55 bits per heavy atom. The first-order valence-electron chi connectivity index (χ1n) is 3.93. The fourth-order valence-corrected chi connectivity index (χ4v) is 1.73. The van der Waals surface area contributed by atoms with Gasteiger partial charge in [-0.2, -0.15) is 11.8 Å². The molecule has 0 saturated heterocycles. The van der Waals surface area contributed by atoms with Crippen molar-refractivity contribution in [1.29, 1.82) is 0 Å². The number of thioether (sulfide) groups is 1. The van der Waals surface area contributed by atoms with Crippen molar-refractivity contribution in [2.45, 2.75) is 26.3 Å². The molecule has 0 aromatic carbocycles. The second-order valence-electron chi connectivity index (χ2n) is 3.79. The minimum absolute atomic E-state index is 0.0835. The largest absolute Gasteiger partial charge is 0.396 e. The maximum Gasteiger partial charge on any atom is 0.0464 e. The molecule has 0 saturated carbocycles. The van der Waals surface area contributed by atoms with Crippen LogP contribution in [-0.4, -0.2) is 28.8 Å². The normalized spacial score (nSPS) is 15.0. The van der Waals surface area contributed by atoms with Crippen LogP contribution in [0.25, 0.3) is 0 Å². The average molecular weight is 177 g/mol. The van der Waals surface area contributed by atoms with Gasteiger partial charge in [-0.15, -0.1) is 0 Å². The predicted octanol–water partition coefficient (Wildman–Crippen LogP) is 1.09. The van der Waals surface area contributed by atoms with Crippen LogP contribution in [0, 0.1) is 5.92 Å². The molecule has 3 N–H and O–H groups in total. The molecule has 0 aliphatic heterocycles. The van der Waals surface area contributed by atoms with Crippen molar-refractivity contribution in [3.05, 3.63) is 0 Å². The van der Waals surface area contributed by atoms with E-state index in [0.29, 0.717) is 5.92 Å². The van der Waals surface area contributed by atoms with Crippen molar-refractivity contribution in [2.24, 2.45) is 11.7 Å². The second-order valence-corrected chi connectivity index (χ2v) is 4.82. The Labute approximate surface area is 73.6 Å². The van der Waals surface area contributed by atoms with E-state index < -0.39 is 0 Å². The van der Waals surface area contributed by atoms with Gasteiger partial charge in [-0.1, -0.05) is 6.92 Å². The van der Waals surface area contributed by atoms with Crippen LogP contribution in [0.2, 0.25) is 0 Å². The molecule has 0 heterocycles. The molecule has 3 heteroatoms. The van der Waals surface area contributed by atoms with Crippen molar-refractivity contribution < 1.29 is 5.11 Å². The Balaban J connectivity index is 3.28. The molecule has 0 aromatic rings. The van der Waals surface area contributed by atoms with Crippen molar-refractivity contribution >= 4 is 11.8 Å². The Morgan fingerprint density at radius 2 is 2.09 bits per heavy atom. The topological polar surface area (TPSA) is 46.2 Å². The van der Waals surface area contributed by atoms with Crippen LogP contribution in [0.4, 0.5) is 0 Å². The molecule has 0 radical (unpaired) electrons. The number of rotatable bonds is 5. The zero-order valence-corrected chi connectivity index (χ0v) is 8.45. The summed E-state index contributed by atoms with van der Waals surface area (Å²) in [7, 11) is 0. The van der Waals surface area contributed by atoms with E-state index in [1.54, 1.807) is 0 Å². The molecule has 0 fully saturated rings. The average Bonchev–Trinajstić information content (AvgIpc) is 1.85. The monoisotopic (exact) mass is 177 g/mol. The molecule has 0 aliphatic carbocycles. The lowest BCUT2D eigenvalue weighted by molar-refractivity contribution is 0.250. The van der Waals surface area contributed by atoms with Crippen LogP contribution < -0.4 is 5.73 Å². The van der Waals surface area contributed by atoms with Crippen molar-refractivity contribution in [1.82, 2.24) is 0 Å². The number of nitrogens with two attached hydrogens (primary N) is 1. The van der Waals surface area contributed by atoms with Gasteiger partial charge >= 0.3 is 0 Å². The van der Waals surface area contributed by atoms with Gasteiger partial charge in [0.05, 0.1) is 0 Å². The molecular weight excluding hydrogens is 158 g/mol. The molecule has 0 spiro atoms. The molecule has 1 atom stereocenters. The van der Waals surface area contributed by atoms with E-state index in [1.807, 2.05) is 32.5 Å². The third-order valence-corrected chi connectivity index (χ3v) is 2.94. The highest BCUT2D eigenvalue weighted by Gasteiger charge is 2.10.